The van der Waals surface area contributed by atoms with Crippen molar-refractivity contribution >= 4 is 51.5 Å². The number of carboxylic acid groups (broad SMARTS) is 1. The monoisotopic (exact) mass is 548 g/mol. The molecule has 1 aliphatic heterocycles. The van der Waals surface area contributed by atoms with Crippen LogP contribution in [0.4, 0.5) is 10.5 Å². The maximum Gasteiger partial charge on any atom is 0.335 e. The molecule has 9 heteroatoms. The van der Waals surface area contributed by atoms with Gasteiger partial charge in [-0.15, -0.1) is 0 Å². The van der Waals surface area contributed by atoms with Gasteiger partial charge in [0.1, 0.15) is 17.9 Å². The van der Waals surface area contributed by atoms with Gasteiger partial charge in [-0.3, -0.25) is 14.9 Å². The second kappa shape index (κ2) is 10.2. The summed E-state index contributed by atoms with van der Waals surface area (Å²) in [6.45, 7) is 3.92. The predicted octanol–water partition coefficient (Wildman–Crippen LogP) is 5.01. The average Bonchev–Trinajstić information content (AvgIpc) is 2.83. The topological polar surface area (TPSA) is 113 Å². The summed E-state index contributed by atoms with van der Waals surface area (Å²) in [7, 11) is 0. The van der Waals surface area contributed by atoms with E-state index in [1.165, 1.54) is 18.2 Å². The van der Waals surface area contributed by atoms with E-state index in [1.807, 2.05) is 13.8 Å². The number of carbonyl (C=O) groups excluding carboxylic acids is 3. The second-order valence-corrected chi connectivity index (χ2v) is 9.11. The van der Waals surface area contributed by atoms with Crippen molar-refractivity contribution < 1.29 is 29.0 Å². The van der Waals surface area contributed by atoms with Crippen LogP contribution in [0, 0.1) is 13.8 Å². The number of anilines is 1. The Morgan fingerprint density at radius 1 is 1.00 bits per heavy atom. The molecule has 0 aromatic heterocycles. The number of nitrogens with one attached hydrogen (secondary N) is 1. The fraction of sp³-hybridized carbons (Fsp3) is 0.111. The molecule has 0 unspecified atom stereocenters. The third kappa shape index (κ3) is 5.21. The first-order valence-electron chi connectivity index (χ1n) is 10.9. The lowest BCUT2D eigenvalue weighted by atomic mass is 10.0. The van der Waals surface area contributed by atoms with Crippen molar-refractivity contribution in [1.82, 2.24) is 5.32 Å². The van der Waals surface area contributed by atoms with E-state index in [2.05, 4.69) is 21.2 Å². The molecular weight excluding hydrogens is 528 g/mol. The van der Waals surface area contributed by atoms with Crippen molar-refractivity contribution in [2.24, 2.45) is 0 Å². The molecule has 1 saturated heterocycles. The molecule has 4 rings (SSSR count). The highest BCUT2D eigenvalue weighted by molar-refractivity contribution is 9.10. The molecule has 1 heterocycles. The number of aromatic carboxylic acids is 1. The van der Waals surface area contributed by atoms with Crippen LogP contribution in [0.15, 0.2) is 70.7 Å². The molecule has 0 radical (unpaired) electrons. The smallest absolute Gasteiger partial charge is 0.335 e. The quantitative estimate of drug-likeness (QED) is 0.330. The van der Waals surface area contributed by atoms with Crippen LogP contribution in [-0.2, 0) is 16.2 Å². The van der Waals surface area contributed by atoms with Gasteiger partial charge in [-0.1, -0.05) is 34.1 Å². The molecule has 1 fully saturated rings. The van der Waals surface area contributed by atoms with Crippen molar-refractivity contribution in [3.63, 3.8) is 0 Å². The number of nitrogens with zero attached hydrogens (tertiary/aromatic N) is 1. The van der Waals surface area contributed by atoms with Gasteiger partial charge in [-0.05, 0) is 79.1 Å². The van der Waals surface area contributed by atoms with E-state index in [0.717, 1.165) is 21.6 Å². The Hall–Kier alpha value is -4.24. The highest BCUT2D eigenvalue weighted by Crippen LogP contribution is 2.29. The van der Waals surface area contributed by atoms with Crippen LogP contribution in [0.2, 0.25) is 0 Å². The molecular formula is C27H21BrN2O6. The Morgan fingerprint density at radius 2 is 1.72 bits per heavy atom. The van der Waals surface area contributed by atoms with Gasteiger partial charge in [0.25, 0.3) is 11.8 Å². The highest BCUT2D eigenvalue weighted by Gasteiger charge is 2.37. The zero-order valence-corrected chi connectivity index (χ0v) is 21.0. The minimum Gasteiger partial charge on any atom is -0.488 e. The Balaban J connectivity index is 1.64. The van der Waals surface area contributed by atoms with Gasteiger partial charge in [0.2, 0.25) is 0 Å². The number of carboxylic acids is 1. The number of barbiturate groups is 1. The Morgan fingerprint density at radius 3 is 2.39 bits per heavy atom. The van der Waals surface area contributed by atoms with E-state index >= 15 is 0 Å². The lowest BCUT2D eigenvalue weighted by Crippen LogP contribution is -2.54. The first-order chi connectivity index (χ1) is 17.1. The minimum atomic E-state index is -1.02. The average molecular weight is 549 g/mol. The predicted molar refractivity (Wildman–Crippen MR) is 137 cm³/mol. The summed E-state index contributed by atoms with van der Waals surface area (Å²) in [5.74, 6) is -2.18. The number of rotatable bonds is 6. The minimum absolute atomic E-state index is 0.130. The van der Waals surface area contributed by atoms with Gasteiger partial charge in [-0.2, -0.15) is 0 Å². The van der Waals surface area contributed by atoms with Crippen LogP contribution in [0.5, 0.6) is 5.75 Å². The summed E-state index contributed by atoms with van der Waals surface area (Å²) < 4.78 is 6.61. The van der Waals surface area contributed by atoms with Gasteiger partial charge in [0, 0.05) is 10.0 Å². The zero-order valence-electron chi connectivity index (χ0n) is 19.4. The molecule has 0 bridgehead atoms. The number of hydrogen-bond acceptors (Lipinski definition) is 5. The molecule has 2 N–H and O–H groups in total. The Kier molecular flexibility index (Phi) is 7.03. The molecule has 0 aliphatic carbocycles. The fourth-order valence-electron chi connectivity index (χ4n) is 3.58. The molecule has 0 spiro atoms. The standard InChI is InChI=1S/C27H21BrN2O6/c1-15-3-9-21(11-16(15)2)30-25(32)22(24(31)29-27(30)35)13-19-12-20(28)8-10-23(19)36-14-17-4-6-18(7-5-17)26(33)34/h3-13H,14H2,1-2H3,(H,33,34)(H,29,31,35)/b22-13+. The molecule has 1 aliphatic rings. The van der Waals surface area contributed by atoms with Crippen molar-refractivity contribution in [3.8, 4) is 5.75 Å². The van der Waals surface area contributed by atoms with Crippen molar-refractivity contribution in [3.05, 3.63) is 98.5 Å². The van der Waals surface area contributed by atoms with E-state index < -0.39 is 23.8 Å². The van der Waals surface area contributed by atoms with Gasteiger partial charge in [-0.25, -0.2) is 14.5 Å². The number of hydrogen-bond donors (Lipinski definition) is 2. The fourth-order valence-corrected chi connectivity index (χ4v) is 3.96. The maximum atomic E-state index is 13.3. The first-order valence-corrected chi connectivity index (χ1v) is 11.7. The number of halogens is 1. The van der Waals surface area contributed by atoms with Crippen LogP contribution in [-0.4, -0.2) is 28.9 Å². The number of imide groups is 2. The van der Waals surface area contributed by atoms with Crippen molar-refractivity contribution in [2.75, 3.05) is 4.90 Å². The van der Waals surface area contributed by atoms with Crippen molar-refractivity contribution in [1.29, 1.82) is 0 Å². The molecule has 3 aromatic rings. The van der Waals surface area contributed by atoms with Gasteiger partial charge in [0.15, 0.2) is 0 Å². The molecule has 36 heavy (non-hydrogen) atoms. The Bertz CT molecular complexity index is 1430. The summed E-state index contributed by atoms with van der Waals surface area (Å²) in [4.78, 5) is 50.4. The third-order valence-electron chi connectivity index (χ3n) is 5.72. The van der Waals surface area contributed by atoms with Gasteiger partial charge in [0.05, 0.1) is 11.3 Å². The van der Waals surface area contributed by atoms with Gasteiger partial charge >= 0.3 is 12.0 Å². The number of aryl methyl sites for hydroxylation is 2. The largest absolute Gasteiger partial charge is 0.488 e. The van der Waals surface area contributed by atoms with Crippen molar-refractivity contribution in [2.45, 2.75) is 20.5 Å². The molecule has 3 aromatic carbocycles. The van der Waals surface area contributed by atoms with Gasteiger partial charge < -0.3 is 9.84 Å². The molecule has 4 amide bonds. The maximum absolute atomic E-state index is 13.3. The molecule has 182 valence electrons. The molecule has 0 saturated carbocycles. The lowest BCUT2D eigenvalue weighted by Gasteiger charge is -2.27. The van der Waals surface area contributed by atoms with Crippen LogP contribution in [0.3, 0.4) is 0 Å². The highest BCUT2D eigenvalue weighted by atomic mass is 79.9. The number of benzene rings is 3. The molecule has 0 atom stereocenters. The van der Waals surface area contributed by atoms with Crippen LogP contribution in [0.25, 0.3) is 6.08 Å². The summed E-state index contributed by atoms with van der Waals surface area (Å²) in [6, 6.07) is 15.7. The first kappa shape index (κ1) is 24.9. The van der Waals surface area contributed by atoms with E-state index in [9.17, 15) is 19.2 Å². The molecule has 8 nitrogen and oxygen atoms in total. The van der Waals surface area contributed by atoms with E-state index in [4.69, 9.17) is 9.84 Å². The second-order valence-electron chi connectivity index (χ2n) is 8.20. The van der Waals surface area contributed by atoms with E-state index in [-0.39, 0.29) is 17.7 Å². The summed E-state index contributed by atoms with van der Waals surface area (Å²) >= 11 is 3.39. The summed E-state index contributed by atoms with van der Waals surface area (Å²) in [6.07, 6.45) is 1.38. The lowest BCUT2D eigenvalue weighted by molar-refractivity contribution is -0.122. The number of urea groups is 1. The van der Waals surface area contributed by atoms with E-state index in [0.29, 0.717) is 21.5 Å². The van der Waals surface area contributed by atoms with E-state index in [1.54, 1.807) is 48.5 Å². The van der Waals surface area contributed by atoms with Crippen LogP contribution >= 0.6 is 15.9 Å². The normalized spacial score (nSPS) is 14.7. The number of ether oxygens (including phenoxy) is 1. The summed E-state index contributed by atoms with van der Waals surface area (Å²) in [5.41, 5.74) is 3.38. The van der Waals surface area contributed by atoms with Crippen LogP contribution in [0.1, 0.15) is 32.6 Å². The van der Waals surface area contributed by atoms with Crippen LogP contribution < -0.4 is 15.0 Å². The zero-order chi connectivity index (χ0) is 26.0. The third-order valence-corrected chi connectivity index (χ3v) is 6.21. The Labute approximate surface area is 215 Å². The number of carbonyl (C=O) groups is 4. The summed E-state index contributed by atoms with van der Waals surface area (Å²) in [5, 5.41) is 11.3. The SMILES string of the molecule is Cc1ccc(N2C(=O)NC(=O)/C(=C\c3cc(Br)ccc3OCc3ccc(C(=O)O)cc3)C2=O)cc1C. The number of amides is 4.